The Morgan fingerprint density at radius 1 is 0.443 bits per heavy atom. The first-order valence-electron chi connectivity index (χ1n) is 29.7. The predicted molar refractivity (Wildman–Crippen MR) is 298 cm³/mol. The van der Waals surface area contributed by atoms with Crippen LogP contribution in [-0.4, -0.2) is 74.9 Å². The van der Waals surface area contributed by atoms with Crippen LogP contribution in [0.3, 0.4) is 0 Å². The van der Waals surface area contributed by atoms with Gasteiger partial charge in [0.15, 0.2) is 6.10 Å². The number of unbranched alkanes of at least 4 members (excludes halogenated alkanes) is 35. The van der Waals surface area contributed by atoms with Gasteiger partial charge in [0.25, 0.3) is 0 Å². The van der Waals surface area contributed by atoms with Crippen molar-refractivity contribution in [1.29, 1.82) is 0 Å². The first kappa shape index (κ1) is 68.2. The second kappa shape index (κ2) is 52.1. The van der Waals surface area contributed by atoms with Crippen LogP contribution in [0.15, 0.2) is 36.5 Å². The van der Waals surface area contributed by atoms with E-state index in [9.17, 15) is 19.0 Å². The molecular weight excluding hydrogens is 894 g/mol. The number of hydrogen-bond donors (Lipinski definition) is 1. The summed E-state index contributed by atoms with van der Waals surface area (Å²) in [6.45, 7) is 4.43. The fourth-order valence-corrected chi connectivity index (χ4v) is 9.25. The quantitative estimate of drug-likeness (QED) is 0.0211. The van der Waals surface area contributed by atoms with E-state index in [1.54, 1.807) is 0 Å². The molecule has 0 fully saturated rings. The number of carbonyl (C=O) groups is 2. The van der Waals surface area contributed by atoms with Gasteiger partial charge >= 0.3 is 19.8 Å². The van der Waals surface area contributed by atoms with Crippen LogP contribution in [0.4, 0.5) is 0 Å². The Balaban J connectivity index is 4.06. The van der Waals surface area contributed by atoms with Gasteiger partial charge in [-0.05, 0) is 70.6 Å². The number of rotatable bonds is 55. The average Bonchev–Trinajstić information content (AvgIpc) is 3.32. The smallest absolute Gasteiger partial charge is 0.462 e. The summed E-state index contributed by atoms with van der Waals surface area (Å²) in [7, 11) is 1.48. The fraction of sp³-hybridized carbons (Fsp3) is 0.867. The molecule has 412 valence electrons. The van der Waals surface area contributed by atoms with Gasteiger partial charge in [-0.2, -0.15) is 0 Å². The van der Waals surface area contributed by atoms with E-state index in [0.717, 1.165) is 51.4 Å². The second-order valence-electron chi connectivity index (χ2n) is 21.4. The molecule has 0 spiro atoms. The van der Waals surface area contributed by atoms with E-state index >= 15 is 0 Å². The Kier molecular flexibility index (Phi) is 50.8. The molecular formula is C60H115NO8P+. The summed E-state index contributed by atoms with van der Waals surface area (Å²) < 4.78 is 34.6. The topological polar surface area (TPSA) is 108 Å². The molecule has 70 heavy (non-hydrogen) atoms. The minimum Gasteiger partial charge on any atom is -0.462 e. The minimum absolute atomic E-state index is 0.0312. The van der Waals surface area contributed by atoms with Crippen molar-refractivity contribution < 1.29 is 42.1 Å². The number of quaternary nitrogens is 1. The van der Waals surface area contributed by atoms with Gasteiger partial charge in [-0.1, -0.05) is 237 Å². The van der Waals surface area contributed by atoms with E-state index in [1.807, 2.05) is 21.1 Å². The molecule has 0 amide bonds. The first-order chi connectivity index (χ1) is 34.0. The fourth-order valence-electron chi connectivity index (χ4n) is 8.51. The number of ether oxygens (including phenoxy) is 2. The highest BCUT2D eigenvalue weighted by atomic mass is 31.2. The first-order valence-corrected chi connectivity index (χ1v) is 31.2. The Bertz CT molecular complexity index is 1280. The third-order valence-electron chi connectivity index (χ3n) is 13.1. The van der Waals surface area contributed by atoms with E-state index in [4.69, 9.17) is 18.5 Å². The van der Waals surface area contributed by atoms with Crippen LogP contribution < -0.4 is 0 Å². The lowest BCUT2D eigenvalue weighted by atomic mass is 10.0. The van der Waals surface area contributed by atoms with Crippen molar-refractivity contribution in [1.82, 2.24) is 0 Å². The molecule has 0 aromatic carbocycles. The zero-order valence-corrected chi connectivity index (χ0v) is 47.7. The molecule has 0 aliphatic carbocycles. The van der Waals surface area contributed by atoms with Gasteiger partial charge in [0.1, 0.15) is 19.8 Å². The number of hydrogen-bond acceptors (Lipinski definition) is 7. The number of allylic oxidation sites excluding steroid dienone is 6. The third kappa shape index (κ3) is 55.5. The highest BCUT2D eigenvalue weighted by molar-refractivity contribution is 7.47. The largest absolute Gasteiger partial charge is 0.472 e. The van der Waals surface area contributed by atoms with Crippen molar-refractivity contribution in [3.8, 4) is 0 Å². The van der Waals surface area contributed by atoms with Gasteiger partial charge in [-0.15, -0.1) is 0 Å². The van der Waals surface area contributed by atoms with E-state index < -0.39 is 26.5 Å². The predicted octanol–water partition coefficient (Wildman–Crippen LogP) is 18.4. The van der Waals surface area contributed by atoms with E-state index in [-0.39, 0.29) is 25.6 Å². The molecule has 2 atom stereocenters. The van der Waals surface area contributed by atoms with Gasteiger partial charge in [0.05, 0.1) is 27.7 Å². The van der Waals surface area contributed by atoms with E-state index in [0.29, 0.717) is 23.9 Å². The molecule has 1 N–H and O–H groups in total. The van der Waals surface area contributed by atoms with E-state index in [1.165, 1.54) is 199 Å². The standard InChI is InChI=1S/C60H114NO8P/c1-6-8-10-12-14-16-18-20-22-24-25-26-27-28-29-30-31-32-33-34-35-37-38-40-42-44-46-48-50-52-59(62)66-56-58(57-68-70(64,65)67-55-54-61(3,4)5)69-60(63)53-51-49-47-45-43-41-39-36-23-21-19-17-15-13-11-9-7-2/h15,17,21,23-25,58H,6-14,16,18-20,22,26-57H2,1-5H3/p+1/b17-15-,23-21-,25-24-. The van der Waals surface area contributed by atoms with Gasteiger partial charge in [-0.3, -0.25) is 18.6 Å². The number of carbonyl (C=O) groups excluding carboxylic acids is 2. The highest BCUT2D eigenvalue weighted by Gasteiger charge is 2.27. The lowest BCUT2D eigenvalue weighted by molar-refractivity contribution is -0.870. The number of esters is 2. The van der Waals surface area contributed by atoms with Crippen molar-refractivity contribution in [3.63, 3.8) is 0 Å². The number of phosphoric acid groups is 1. The van der Waals surface area contributed by atoms with Crippen LogP contribution in [0.25, 0.3) is 0 Å². The monoisotopic (exact) mass is 1010 g/mol. The summed E-state index contributed by atoms with van der Waals surface area (Å²) in [6, 6.07) is 0. The van der Waals surface area contributed by atoms with Crippen LogP contribution in [-0.2, 0) is 32.7 Å². The van der Waals surface area contributed by atoms with E-state index in [2.05, 4.69) is 50.3 Å². The maximum atomic E-state index is 12.8. The van der Waals surface area contributed by atoms with Crippen molar-refractivity contribution in [2.45, 2.75) is 290 Å². The lowest BCUT2D eigenvalue weighted by Crippen LogP contribution is -2.37. The second-order valence-corrected chi connectivity index (χ2v) is 22.8. The van der Waals surface area contributed by atoms with Crippen molar-refractivity contribution >= 4 is 19.8 Å². The zero-order chi connectivity index (χ0) is 51.3. The number of phosphoric ester groups is 1. The molecule has 9 nitrogen and oxygen atoms in total. The summed E-state index contributed by atoms with van der Waals surface area (Å²) in [5, 5.41) is 0. The maximum Gasteiger partial charge on any atom is 0.472 e. The Hall–Kier alpha value is -1.77. The molecule has 0 saturated heterocycles. The van der Waals surface area contributed by atoms with Crippen molar-refractivity contribution in [3.05, 3.63) is 36.5 Å². The Morgan fingerprint density at radius 2 is 0.771 bits per heavy atom. The van der Waals surface area contributed by atoms with Crippen LogP contribution in [0.2, 0.25) is 0 Å². The number of nitrogens with zero attached hydrogens (tertiary/aromatic N) is 1. The molecule has 0 saturated carbocycles. The zero-order valence-electron chi connectivity index (χ0n) is 46.8. The summed E-state index contributed by atoms with van der Waals surface area (Å²) >= 11 is 0. The number of likely N-dealkylation sites (N-methyl/N-ethyl adjacent to an activating group) is 1. The molecule has 0 aliphatic rings. The SMILES string of the molecule is CCCCC/C=C\C/C=C\CCCCCCCCCC(=O)OC(COC(=O)CCCCCCCCCCCCCCCCCCC/C=C\CCCCCCCCCC)COP(=O)(O)OCC[N+](C)(C)C. The van der Waals surface area contributed by atoms with Crippen molar-refractivity contribution in [2.24, 2.45) is 0 Å². The maximum absolute atomic E-state index is 12.8. The van der Waals surface area contributed by atoms with Crippen LogP contribution in [0, 0.1) is 0 Å². The van der Waals surface area contributed by atoms with Gasteiger partial charge in [0, 0.05) is 12.8 Å². The highest BCUT2D eigenvalue weighted by Crippen LogP contribution is 2.43. The lowest BCUT2D eigenvalue weighted by Gasteiger charge is -2.24. The summed E-state index contributed by atoms with van der Waals surface area (Å²) in [6.07, 6.45) is 63.6. The van der Waals surface area contributed by atoms with Gasteiger partial charge < -0.3 is 18.9 Å². The molecule has 0 rings (SSSR count). The molecule has 0 aliphatic heterocycles. The van der Waals surface area contributed by atoms with Crippen LogP contribution in [0.5, 0.6) is 0 Å². The summed E-state index contributed by atoms with van der Waals surface area (Å²) in [5.74, 6) is -0.795. The summed E-state index contributed by atoms with van der Waals surface area (Å²) in [4.78, 5) is 35.7. The van der Waals surface area contributed by atoms with Gasteiger partial charge in [-0.25, -0.2) is 4.57 Å². The molecule has 0 aromatic heterocycles. The van der Waals surface area contributed by atoms with Crippen molar-refractivity contribution in [2.75, 3.05) is 47.5 Å². The molecule has 0 heterocycles. The van der Waals surface area contributed by atoms with Gasteiger partial charge in [0.2, 0.25) is 0 Å². The average molecular weight is 1010 g/mol. The minimum atomic E-state index is -4.38. The summed E-state index contributed by atoms with van der Waals surface area (Å²) in [5.41, 5.74) is 0. The Labute approximate surface area is 433 Å². The molecule has 2 unspecified atom stereocenters. The van der Waals surface area contributed by atoms with Crippen LogP contribution in [0.1, 0.15) is 284 Å². The molecule has 0 radical (unpaired) electrons. The van der Waals surface area contributed by atoms with Crippen LogP contribution >= 0.6 is 7.82 Å². The Morgan fingerprint density at radius 3 is 1.17 bits per heavy atom. The molecule has 0 bridgehead atoms. The third-order valence-corrected chi connectivity index (χ3v) is 14.1. The molecule has 0 aromatic rings. The normalized spacial score (nSPS) is 13.5. The molecule has 10 heteroatoms.